The van der Waals surface area contributed by atoms with Crippen molar-refractivity contribution >= 4 is 17.7 Å². The molecule has 242 valence electrons. The molecule has 1 aliphatic carbocycles. The molecular weight excluding hydrogens is 534 g/mol. The maximum Gasteiger partial charge on any atom is 0.338 e. The van der Waals surface area contributed by atoms with E-state index in [1.165, 1.54) is 12.8 Å². The van der Waals surface area contributed by atoms with Gasteiger partial charge in [-0.05, 0) is 100 Å². The summed E-state index contributed by atoms with van der Waals surface area (Å²) < 4.78 is 5.44. The first-order chi connectivity index (χ1) is 20.0. The van der Waals surface area contributed by atoms with Gasteiger partial charge < -0.3 is 14.5 Å². The minimum atomic E-state index is -0.538. The molecule has 43 heavy (non-hydrogen) atoms. The first-order valence-corrected chi connectivity index (χ1v) is 17.0. The number of hydrogen-bond acceptors (Lipinski definition) is 5. The summed E-state index contributed by atoms with van der Waals surface area (Å²) in [5.74, 6) is 0.975. The highest BCUT2D eigenvalue weighted by Gasteiger charge is 2.53. The number of amidine groups is 1. The molecule has 0 N–H and O–H groups in total. The molecule has 1 aromatic rings. The first-order valence-electron chi connectivity index (χ1n) is 17.0. The first kappa shape index (κ1) is 35.1. The molecule has 1 aromatic carbocycles. The number of nitrogens with zero attached hydrogens (tertiary/aromatic N) is 3. The molecule has 3 rings (SSSR count). The van der Waals surface area contributed by atoms with E-state index in [1.54, 1.807) is 0 Å². The number of unbranched alkanes of at least 4 members (excludes halogenated alkanes) is 2. The largest absolute Gasteiger partial charge is 0.459 e. The van der Waals surface area contributed by atoms with Crippen LogP contribution < -0.4 is 0 Å². The summed E-state index contributed by atoms with van der Waals surface area (Å²) in [5, 5.41) is 0. The highest BCUT2D eigenvalue weighted by atomic mass is 16.5. The molecule has 2 atom stereocenters. The predicted octanol–water partition coefficient (Wildman–Crippen LogP) is 9.19. The molecule has 1 unspecified atom stereocenters. The lowest BCUT2D eigenvalue weighted by Gasteiger charge is -2.47. The van der Waals surface area contributed by atoms with Crippen molar-refractivity contribution in [3.8, 4) is 0 Å². The van der Waals surface area contributed by atoms with Gasteiger partial charge in [-0.2, -0.15) is 0 Å². The number of esters is 1. The fraction of sp³-hybridized carbons (Fsp3) is 0.757. The number of likely N-dealkylation sites (N-methyl/N-ethyl adjacent to an activating group) is 1. The van der Waals surface area contributed by atoms with Crippen molar-refractivity contribution in [2.45, 2.75) is 157 Å². The summed E-state index contributed by atoms with van der Waals surface area (Å²) >= 11 is 0. The SMILES string of the molecule is CCCCCC(C)N(C)C1=NC2(CCC(C(C)(C)C)CC2)N([C@H](CCC(C)(C)C)c2ccc(C(=O)OC(C)C)cc2)C1=O. The van der Waals surface area contributed by atoms with E-state index in [0.29, 0.717) is 17.3 Å². The van der Waals surface area contributed by atoms with Crippen molar-refractivity contribution < 1.29 is 14.3 Å². The van der Waals surface area contributed by atoms with Gasteiger partial charge in [-0.15, -0.1) is 0 Å². The van der Waals surface area contributed by atoms with E-state index < -0.39 is 5.66 Å². The van der Waals surface area contributed by atoms with Crippen LogP contribution in [0.3, 0.4) is 0 Å². The van der Waals surface area contributed by atoms with Gasteiger partial charge in [-0.1, -0.05) is 79.9 Å². The normalized spacial score (nSPS) is 22.6. The van der Waals surface area contributed by atoms with Crippen molar-refractivity contribution in [3.05, 3.63) is 35.4 Å². The predicted molar refractivity (Wildman–Crippen MR) is 178 cm³/mol. The minimum Gasteiger partial charge on any atom is -0.459 e. The molecule has 1 spiro atoms. The Morgan fingerprint density at radius 2 is 1.63 bits per heavy atom. The van der Waals surface area contributed by atoms with Crippen LogP contribution in [-0.4, -0.2) is 52.4 Å². The lowest BCUT2D eigenvalue weighted by Crippen LogP contribution is -2.52. The third-order valence-corrected chi connectivity index (χ3v) is 9.76. The summed E-state index contributed by atoms with van der Waals surface area (Å²) in [6, 6.07) is 7.90. The molecular formula is C37H61N3O3. The summed E-state index contributed by atoms with van der Waals surface area (Å²) in [7, 11) is 2.06. The van der Waals surface area contributed by atoms with Crippen LogP contribution in [0.15, 0.2) is 29.3 Å². The number of benzene rings is 1. The second-order valence-corrected chi connectivity index (χ2v) is 15.9. The smallest absolute Gasteiger partial charge is 0.338 e. The van der Waals surface area contributed by atoms with E-state index in [0.717, 1.165) is 56.9 Å². The second kappa shape index (κ2) is 14.2. The number of hydrogen-bond donors (Lipinski definition) is 0. The van der Waals surface area contributed by atoms with Gasteiger partial charge in [0.15, 0.2) is 5.84 Å². The van der Waals surface area contributed by atoms with E-state index in [1.807, 2.05) is 38.1 Å². The zero-order valence-corrected chi connectivity index (χ0v) is 29.3. The lowest BCUT2D eigenvalue weighted by molar-refractivity contribution is -0.134. The number of amides is 1. The Hall–Kier alpha value is -2.37. The van der Waals surface area contributed by atoms with Crippen molar-refractivity contribution in [1.82, 2.24) is 9.80 Å². The van der Waals surface area contributed by atoms with Crippen LogP contribution in [-0.2, 0) is 9.53 Å². The van der Waals surface area contributed by atoms with Crippen LogP contribution in [0, 0.1) is 16.7 Å². The molecule has 6 heteroatoms. The van der Waals surface area contributed by atoms with Crippen molar-refractivity contribution in [1.29, 1.82) is 0 Å². The van der Waals surface area contributed by atoms with E-state index in [2.05, 4.69) is 72.2 Å². The van der Waals surface area contributed by atoms with Crippen molar-refractivity contribution in [3.63, 3.8) is 0 Å². The Labute approximate surface area is 263 Å². The monoisotopic (exact) mass is 595 g/mol. The second-order valence-electron chi connectivity index (χ2n) is 15.9. The van der Waals surface area contributed by atoms with E-state index in [-0.39, 0.29) is 40.9 Å². The minimum absolute atomic E-state index is 0.0567. The highest BCUT2D eigenvalue weighted by Crippen LogP contribution is 2.50. The van der Waals surface area contributed by atoms with Crippen LogP contribution in [0.1, 0.15) is 155 Å². The van der Waals surface area contributed by atoms with Crippen LogP contribution in [0.4, 0.5) is 0 Å². The molecule has 2 aliphatic rings. The Balaban J connectivity index is 2.04. The average molecular weight is 596 g/mol. The van der Waals surface area contributed by atoms with Crippen LogP contribution in [0.25, 0.3) is 0 Å². The van der Waals surface area contributed by atoms with Gasteiger partial charge in [0.2, 0.25) is 0 Å². The Kier molecular flexibility index (Phi) is 11.6. The average Bonchev–Trinajstić information content (AvgIpc) is 3.18. The van der Waals surface area contributed by atoms with Gasteiger partial charge in [-0.3, -0.25) is 4.79 Å². The van der Waals surface area contributed by atoms with Crippen molar-refractivity contribution in [2.24, 2.45) is 21.7 Å². The molecule has 1 heterocycles. The Morgan fingerprint density at radius 1 is 1.02 bits per heavy atom. The van der Waals surface area contributed by atoms with Crippen LogP contribution in [0.2, 0.25) is 0 Å². The Bertz CT molecular complexity index is 1100. The summed E-state index contributed by atoms with van der Waals surface area (Å²) in [6.07, 6.45) is 10.1. The Morgan fingerprint density at radius 3 is 2.14 bits per heavy atom. The van der Waals surface area contributed by atoms with Gasteiger partial charge in [0.1, 0.15) is 5.66 Å². The third-order valence-electron chi connectivity index (χ3n) is 9.76. The standard InChI is InChI=1S/C37H61N3O3/c1-12-13-14-15-27(4)39(11)32-33(41)40(37(38-32)24-20-30(21-25-37)36(8,9)10)31(22-23-35(5,6)7)28-16-18-29(19-17-28)34(42)43-26(2)3/h16-19,26-27,30-31H,12-15,20-25H2,1-11H3/t27?,30?,31-,37?/m1/s1. The molecule has 1 fully saturated rings. The number of aliphatic imine (C=N–C) groups is 1. The van der Waals surface area contributed by atoms with Crippen LogP contribution >= 0.6 is 0 Å². The molecule has 1 amide bonds. The number of carbonyl (C=O) groups excluding carboxylic acids is 2. The molecule has 0 saturated heterocycles. The maximum absolute atomic E-state index is 14.6. The van der Waals surface area contributed by atoms with E-state index in [4.69, 9.17) is 9.73 Å². The van der Waals surface area contributed by atoms with Gasteiger partial charge >= 0.3 is 5.97 Å². The van der Waals surface area contributed by atoms with E-state index >= 15 is 0 Å². The van der Waals surface area contributed by atoms with Gasteiger partial charge in [0.05, 0.1) is 17.7 Å². The summed E-state index contributed by atoms with van der Waals surface area (Å²) in [4.78, 5) is 37.0. The quantitative estimate of drug-likeness (QED) is 0.189. The molecule has 0 bridgehead atoms. The number of carbonyl (C=O) groups is 2. The number of rotatable bonds is 11. The van der Waals surface area contributed by atoms with Gasteiger partial charge in [0, 0.05) is 13.1 Å². The zero-order valence-electron chi connectivity index (χ0n) is 29.3. The fourth-order valence-electron chi connectivity index (χ4n) is 6.79. The summed E-state index contributed by atoms with van der Waals surface area (Å²) in [5.41, 5.74) is 1.42. The van der Waals surface area contributed by atoms with Gasteiger partial charge in [0.25, 0.3) is 5.91 Å². The highest BCUT2D eigenvalue weighted by molar-refractivity contribution is 6.39. The van der Waals surface area contributed by atoms with Gasteiger partial charge in [-0.25, -0.2) is 9.79 Å². The maximum atomic E-state index is 14.6. The topological polar surface area (TPSA) is 62.2 Å². The van der Waals surface area contributed by atoms with E-state index in [9.17, 15) is 9.59 Å². The third kappa shape index (κ3) is 8.85. The molecule has 1 aliphatic heterocycles. The summed E-state index contributed by atoms with van der Waals surface area (Å²) in [6.45, 7) is 22.0. The van der Waals surface area contributed by atoms with Crippen LogP contribution in [0.5, 0.6) is 0 Å². The van der Waals surface area contributed by atoms with Crippen molar-refractivity contribution in [2.75, 3.05) is 7.05 Å². The molecule has 1 saturated carbocycles. The molecule has 6 nitrogen and oxygen atoms in total. The number of ether oxygens (including phenoxy) is 1. The molecule has 0 aromatic heterocycles. The zero-order chi connectivity index (χ0) is 32.2. The lowest BCUT2D eigenvalue weighted by atomic mass is 9.69. The molecule has 0 radical (unpaired) electrons. The fourth-order valence-corrected chi connectivity index (χ4v) is 6.79.